The van der Waals surface area contributed by atoms with Crippen molar-refractivity contribution >= 4 is 18.1 Å². The van der Waals surface area contributed by atoms with E-state index >= 15 is 0 Å². The number of amides is 1. The Labute approximate surface area is 143 Å². The molecule has 0 radical (unpaired) electrons. The Morgan fingerprint density at radius 2 is 1.88 bits per heavy atom. The Bertz CT molecular complexity index is 613. The normalized spacial score (nSPS) is 18.0. The molecule has 0 saturated carbocycles. The molecule has 1 aromatic carbocycles. The molecule has 1 amide bonds. The zero-order chi connectivity index (χ0) is 17.7. The van der Waals surface area contributed by atoms with Crippen molar-refractivity contribution in [1.82, 2.24) is 4.90 Å². The smallest absolute Gasteiger partial charge is 0.410 e. The van der Waals surface area contributed by atoms with Gasteiger partial charge in [-0.15, -0.1) is 0 Å². The van der Waals surface area contributed by atoms with Crippen LogP contribution in [0.5, 0.6) is 0 Å². The molecule has 0 aromatic heterocycles. The summed E-state index contributed by atoms with van der Waals surface area (Å²) in [6, 6.07) is 7.88. The van der Waals surface area contributed by atoms with Gasteiger partial charge in [0, 0.05) is 12.6 Å². The number of likely N-dealkylation sites (tertiary alicyclic amines) is 1. The summed E-state index contributed by atoms with van der Waals surface area (Å²) in [5.41, 5.74) is 1.49. The highest BCUT2D eigenvalue weighted by atomic mass is 16.6. The molecule has 0 bridgehead atoms. The van der Waals surface area contributed by atoms with Crippen molar-refractivity contribution in [1.29, 1.82) is 0 Å². The second-order valence-electron chi connectivity index (χ2n) is 6.85. The molecule has 0 N–H and O–H groups in total. The fraction of sp³-hybridized carbons (Fsp3) is 0.474. The first-order valence-electron chi connectivity index (χ1n) is 8.16. The van der Waals surface area contributed by atoms with Gasteiger partial charge in [-0.25, -0.2) is 9.59 Å². The number of esters is 1. The third-order valence-electron chi connectivity index (χ3n) is 3.82. The van der Waals surface area contributed by atoms with E-state index in [4.69, 9.17) is 4.74 Å². The lowest BCUT2D eigenvalue weighted by molar-refractivity contribution is -0.134. The number of benzene rings is 1. The van der Waals surface area contributed by atoms with Crippen LogP contribution in [0, 0.1) is 0 Å². The van der Waals surface area contributed by atoms with E-state index in [2.05, 4.69) is 4.74 Å². The molecular formula is C19H25NO4. The topological polar surface area (TPSA) is 55.8 Å². The summed E-state index contributed by atoms with van der Waals surface area (Å²) < 4.78 is 10.1. The van der Waals surface area contributed by atoms with Crippen molar-refractivity contribution in [2.24, 2.45) is 0 Å². The van der Waals surface area contributed by atoms with E-state index in [9.17, 15) is 9.59 Å². The Hall–Kier alpha value is -2.30. The lowest BCUT2D eigenvalue weighted by Gasteiger charge is -2.28. The molecule has 0 aliphatic carbocycles. The van der Waals surface area contributed by atoms with Gasteiger partial charge in [-0.1, -0.05) is 24.3 Å². The number of nitrogens with zero attached hydrogens (tertiary/aromatic N) is 1. The van der Waals surface area contributed by atoms with E-state index in [1.54, 1.807) is 11.0 Å². The van der Waals surface area contributed by atoms with Crippen molar-refractivity contribution in [2.75, 3.05) is 13.7 Å². The summed E-state index contributed by atoms with van der Waals surface area (Å²) in [6.45, 7) is 6.33. The van der Waals surface area contributed by atoms with E-state index in [0.29, 0.717) is 6.54 Å². The maximum Gasteiger partial charge on any atom is 0.410 e. The van der Waals surface area contributed by atoms with Crippen molar-refractivity contribution in [2.45, 2.75) is 45.3 Å². The number of carbonyl (C=O) groups excluding carboxylic acids is 2. The maximum atomic E-state index is 12.4. The molecule has 1 saturated heterocycles. The van der Waals surface area contributed by atoms with E-state index in [-0.39, 0.29) is 18.1 Å². The SMILES string of the molecule is COC(=O)C=Cc1ccc([C@H]2CCCN2C(=O)OC(C)(C)C)cc1. The van der Waals surface area contributed by atoms with Crippen molar-refractivity contribution in [3.63, 3.8) is 0 Å². The van der Waals surface area contributed by atoms with Gasteiger partial charge in [0.15, 0.2) is 0 Å². The number of carbonyl (C=O) groups is 2. The molecule has 2 rings (SSSR count). The third-order valence-corrected chi connectivity index (χ3v) is 3.82. The first-order chi connectivity index (χ1) is 11.3. The van der Waals surface area contributed by atoms with Gasteiger partial charge in [0.1, 0.15) is 5.60 Å². The van der Waals surface area contributed by atoms with Crippen LogP contribution < -0.4 is 0 Å². The van der Waals surface area contributed by atoms with E-state index in [0.717, 1.165) is 24.0 Å². The van der Waals surface area contributed by atoms with Crippen LogP contribution in [0.2, 0.25) is 0 Å². The molecule has 1 aliphatic heterocycles. The Balaban J connectivity index is 2.08. The number of rotatable bonds is 3. The minimum absolute atomic E-state index is 0.0403. The molecule has 24 heavy (non-hydrogen) atoms. The lowest BCUT2D eigenvalue weighted by atomic mass is 10.0. The van der Waals surface area contributed by atoms with Gasteiger partial charge in [0.05, 0.1) is 13.2 Å². The van der Waals surface area contributed by atoms with Crippen LogP contribution in [0.4, 0.5) is 4.79 Å². The molecule has 0 spiro atoms. The minimum Gasteiger partial charge on any atom is -0.466 e. The quantitative estimate of drug-likeness (QED) is 0.622. The van der Waals surface area contributed by atoms with Gasteiger partial charge in [-0.2, -0.15) is 0 Å². The molecule has 1 aromatic rings. The zero-order valence-electron chi connectivity index (χ0n) is 14.7. The zero-order valence-corrected chi connectivity index (χ0v) is 14.7. The highest BCUT2D eigenvalue weighted by Gasteiger charge is 2.32. The van der Waals surface area contributed by atoms with Crippen LogP contribution in [0.1, 0.15) is 50.8 Å². The van der Waals surface area contributed by atoms with Crippen molar-refractivity contribution < 1.29 is 19.1 Å². The first kappa shape index (κ1) is 18.0. The van der Waals surface area contributed by atoms with Gasteiger partial charge in [-0.3, -0.25) is 0 Å². The average Bonchev–Trinajstić information content (AvgIpc) is 3.01. The number of hydrogen-bond acceptors (Lipinski definition) is 4. The van der Waals surface area contributed by atoms with Crippen LogP contribution in [-0.2, 0) is 14.3 Å². The highest BCUT2D eigenvalue weighted by Crippen LogP contribution is 2.33. The van der Waals surface area contributed by atoms with E-state index in [1.165, 1.54) is 13.2 Å². The van der Waals surface area contributed by atoms with Crippen LogP contribution in [0.25, 0.3) is 6.08 Å². The molecule has 5 nitrogen and oxygen atoms in total. The van der Waals surface area contributed by atoms with Crippen LogP contribution in [0.3, 0.4) is 0 Å². The molecule has 1 fully saturated rings. The summed E-state index contributed by atoms with van der Waals surface area (Å²) in [6.07, 6.45) is 4.72. The van der Waals surface area contributed by atoms with E-state index in [1.807, 2.05) is 45.0 Å². The second kappa shape index (κ2) is 7.51. The monoisotopic (exact) mass is 331 g/mol. The summed E-state index contributed by atoms with van der Waals surface area (Å²) in [7, 11) is 1.35. The number of hydrogen-bond donors (Lipinski definition) is 0. The van der Waals surface area contributed by atoms with Gasteiger partial charge >= 0.3 is 12.1 Å². The molecule has 1 atom stereocenters. The maximum absolute atomic E-state index is 12.4. The minimum atomic E-state index is -0.493. The lowest BCUT2D eigenvalue weighted by Crippen LogP contribution is -2.36. The number of ether oxygens (including phenoxy) is 2. The van der Waals surface area contributed by atoms with Crippen LogP contribution >= 0.6 is 0 Å². The molecule has 0 unspecified atom stereocenters. The van der Waals surface area contributed by atoms with Crippen molar-refractivity contribution in [3.8, 4) is 0 Å². The Kier molecular flexibility index (Phi) is 5.65. The Morgan fingerprint density at radius 1 is 1.21 bits per heavy atom. The average molecular weight is 331 g/mol. The summed E-state index contributed by atoms with van der Waals surface area (Å²) >= 11 is 0. The van der Waals surface area contributed by atoms with Gasteiger partial charge < -0.3 is 14.4 Å². The van der Waals surface area contributed by atoms with Gasteiger partial charge in [0.2, 0.25) is 0 Å². The van der Waals surface area contributed by atoms with Gasteiger partial charge in [0.25, 0.3) is 0 Å². The summed E-state index contributed by atoms with van der Waals surface area (Å²) in [5.74, 6) is -0.383. The summed E-state index contributed by atoms with van der Waals surface area (Å²) in [5, 5.41) is 0. The predicted octanol–water partition coefficient (Wildman–Crippen LogP) is 3.94. The standard InChI is InChI=1S/C19H25NO4/c1-19(2,3)24-18(22)20-13-5-6-16(20)15-10-7-14(8-11-15)9-12-17(21)23-4/h7-12,16H,5-6,13H2,1-4H3/t16-/m1/s1. The van der Waals surface area contributed by atoms with E-state index < -0.39 is 5.60 Å². The predicted molar refractivity (Wildman–Crippen MR) is 92.4 cm³/mol. The molecule has 5 heteroatoms. The van der Waals surface area contributed by atoms with Crippen LogP contribution in [-0.4, -0.2) is 36.2 Å². The molecule has 1 aliphatic rings. The Morgan fingerprint density at radius 3 is 2.46 bits per heavy atom. The number of methoxy groups -OCH3 is 1. The molecular weight excluding hydrogens is 306 g/mol. The highest BCUT2D eigenvalue weighted by molar-refractivity contribution is 5.86. The third kappa shape index (κ3) is 4.85. The molecule has 1 heterocycles. The van der Waals surface area contributed by atoms with Gasteiger partial charge in [-0.05, 0) is 50.8 Å². The fourth-order valence-corrected chi connectivity index (χ4v) is 2.71. The second-order valence-corrected chi connectivity index (χ2v) is 6.85. The van der Waals surface area contributed by atoms with Crippen molar-refractivity contribution in [3.05, 3.63) is 41.5 Å². The fourth-order valence-electron chi connectivity index (χ4n) is 2.71. The first-order valence-corrected chi connectivity index (χ1v) is 8.16. The largest absolute Gasteiger partial charge is 0.466 e. The molecule has 130 valence electrons. The summed E-state index contributed by atoms with van der Waals surface area (Å²) in [4.78, 5) is 25.3. The van der Waals surface area contributed by atoms with Crippen LogP contribution in [0.15, 0.2) is 30.3 Å².